The van der Waals surface area contributed by atoms with Crippen LogP contribution in [0.4, 0.5) is 0 Å². The van der Waals surface area contributed by atoms with Crippen LogP contribution < -0.4 is 9.47 Å². The van der Waals surface area contributed by atoms with Crippen molar-refractivity contribution in [3.8, 4) is 11.5 Å². The van der Waals surface area contributed by atoms with Crippen LogP contribution in [0.5, 0.6) is 11.5 Å². The molecule has 0 aliphatic rings. The maximum absolute atomic E-state index is 10.8. The van der Waals surface area contributed by atoms with Crippen LogP contribution in [0, 0.1) is 0 Å². The highest BCUT2D eigenvalue weighted by Gasteiger charge is 2.05. The number of carbonyl (C=O) groups is 1. The normalized spacial score (nSPS) is 11.0. The predicted octanol–water partition coefficient (Wildman–Crippen LogP) is 5.85. The predicted molar refractivity (Wildman–Crippen MR) is 122 cm³/mol. The van der Waals surface area contributed by atoms with Gasteiger partial charge in [0.05, 0.1) is 19.4 Å². The third kappa shape index (κ3) is 8.91. The highest BCUT2D eigenvalue weighted by molar-refractivity contribution is 7.79. The molecule has 1 N–H and O–H groups in total. The number of rotatable bonds is 14. The van der Waals surface area contributed by atoms with Crippen molar-refractivity contribution < 1.29 is 19.4 Å². The molecule has 0 unspecified atom stereocenters. The summed E-state index contributed by atoms with van der Waals surface area (Å²) in [6, 6.07) is 11.9. The second-order valence-corrected chi connectivity index (χ2v) is 7.36. The highest BCUT2D eigenvalue weighted by atomic mass is 32.1. The Morgan fingerprint density at radius 1 is 1.03 bits per heavy atom. The van der Waals surface area contributed by atoms with Gasteiger partial charge in [0, 0.05) is 11.8 Å². The SMILES string of the molecule is COc1ccc(CCCCCCCCOc2ccc(C[S])nc2C=CC(=O)O)cc1. The van der Waals surface area contributed by atoms with Crippen molar-refractivity contribution in [1.29, 1.82) is 0 Å². The van der Waals surface area contributed by atoms with E-state index in [0.29, 0.717) is 23.8 Å². The Morgan fingerprint density at radius 3 is 2.40 bits per heavy atom. The molecule has 0 saturated carbocycles. The Labute approximate surface area is 184 Å². The van der Waals surface area contributed by atoms with Crippen LogP contribution in [0.3, 0.4) is 0 Å². The smallest absolute Gasteiger partial charge is 0.328 e. The quantitative estimate of drug-likeness (QED) is 0.302. The first-order chi connectivity index (χ1) is 14.6. The molecule has 1 heterocycles. The van der Waals surface area contributed by atoms with E-state index in [4.69, 9.17) is 27.2 Å². The van der Waals surface area contributed by atoms with Gasteiger partial charge in [-0.3, -0.25) is 0 Å². The second kappa shape index (κ2) is 13.7. The van der Waals surface area contributed by atoms with Gasteiger partial charge in [0.25, 0.3) is 0 Å². The molecule has 1 aromatic carbocycles. The number of unbranched alkanes of at least 4 members (excludes halogenated alkanes) is 5. The molecule has 0 atom stereocenters. The van der Waals surface area contributed by atoms with Crippen LogP contribution in [0.25, 0.3) is 6.08 Å². The summed E-state index contributed by atoms with van der Waals surface area (Å²) < 4.78 is 11.0. The monoisotopic (exact) mass is 428 g/mol. The van der Waals surface area contributed by atoms with Crippen LogP contribution in [0.15, 0.2) is 42.5 Å². The highest BCUT2D eigenvalue weighted by Crippen LogP contribution is 2.20. The minimum Gasteiger partial charge on any atom is -0.497 e. The molecule has 30 heavy (non-hydrogen) atoms. The van der Waals surface area contributed by atoms with E-state index in [0.717, 1.165) is 36.8 Å². The number of hydrogen-bond acceptors (Lipinski definition) is 4. The molecule has 2 rings (SSSR count). The van der Waals surface area contributed by atoms with Crippen LogP contribution in [-0.2, 0) is 17.0 Å². The molecule has 0 saturated heterocycles. The summed E-state index contributed by atoms with van der Waals surface area (Å²) in [4.78, 5) is 15.1. The van der Waals surface area contributed by atoms with Gasteiger partial charge in [-0.2, -0.15) is 0 Å². The molecule has 2 aromatic rings. The van der Waals surface area contributed by atoms with Crippen molar-refractivity contribution in [2.75, 3.05) is 13.7 Å². The number of pyridine rings is 1. The van der Waals surface area contributed by atoms with Gasteiger partial charge in [-0.05, 0) is 55.2 Å². The zero-order valence-electron chi connectivity index (χ0n) is 17.5. The van der Waals surface area contributed by atoms with Crippen molar-refractivity contribution in [2.45, 2.75) is 50.7 Å². The molecule has 0 spiro atoms. The lowest BCUT2D eigenvalue weighted by Gasteiger charge is -2.10. The Bertz CT molecular complexity index is 805. The maximum atomic E-state index is 10.8. The number of aryl methyl sites for hydroxylation is 1. The summed E-state index contributed by atoms with van der Waals surface area (Å²) in [5.74, 6) is 0.864. The lowest BCUT2D eigenvalue weighted by molar-refractivity contribution is -0.131. The lowest BCUT2D eigenvalue weighted by Crippen LogP contribution is -2.01. The van der Waals surface area contributed by atoms with Gasteiger partial charge in [0.1, 0.15) is 17.2 Å². The lowest BCUT2D eigenvalue weighted by atomic mass is 10.0. The van der Waals surface area contributed by atoms with Gasteiger partial charge in [-0.15, -0.1) is 0 Å². The van der Waals surface area contributed by atoms with Gasteiger partial charge in [0.2, 0.25) is 0 Å². The van der Waals surface area contributed by atoms with E-state index in [1.54, 1.807) is 7.11 Å². The second-order valence-electron chi connectivity index (χ2n) is 7.07. The molecule has 6 heteroatoms. The van der Waals surface area contributed by atoms with Crippen LogP contribution in [0.2, 0.25) is 0 Å². The average Bonchev–Trinajstić information content (AvgIpc) is 2.77. The zero-order valence-corrected chi connectivity index (χ0v) is 18.3. The summed E-state index contributed by atoms with van der Waals surface area (Å²) >= 11 is 5.01. The number of nitrogens with zero attached hydrogens (tertiary/aromatic N) is 1. The van der Waals surface area contributed by atoms with E-state index >= 15 is 0 Å². The summed E-state index contributed by atoms with van der Waals surface area (Å²) in [6.45, 7) is 0.592. The van der Waals surface area contributed by atoms with Crippen LogP contribution in [0.1, 0.15) is 55.5 Å². The first-order valence-electron chi connectivity index (χ1n) is 10.4. The zero-order chi connectivity index (χ0) is 21.6. The van der Waals surface area contributed by atoms with Gasteiger partial charge >= 0.3 is 5.97 Å². The van der Waals surface area contributed by atoms with E-state index in [9.17, 15) is 4.79 Å². The van der Waals surface area contributed by atoms with Crippen molar-refractivity contribution >= 4 is 24.7 Å². The molecular formula is C24H30NO4S. The Hall–Kier alpha value is -2.47. The summed E-state index contributed by atoms with van der Waals surface area (Å²) in [5.41, 5.74) is 2.60. The van der Waals surface area contributed by atoms with Crippen molar-refractivity contribution in [3.05, 3.63) is 59.4 Å². The van der Waals surface area contributed by atoms with E-state index in [1.165, 1.54) is 37.3 Å². The van der Waals surface area contributed by atoms with E-state index in [-0.39, 0.29) is 0 Å². The van der Waals surface area contributed by atoms with Crippen molar-refractivity contribution in [2.24, 2.45) is 0 Å². The Morgan fingerprint density at radius 2 is 1.73 bits per heavy atom. The largest absolute Gasteiger partial charge is 0.497 e. The molecule has 0 aliphatic heterocycles. The molecule has 1 aromatic heterocycles. The molecule has 1 radical (unpaired) electrons. The molecule has 5 nitrogen and oxygen atoms in total. The Balaban J connectivity index is 1.61. The van der Waals surface area contributed by atoms with E-state index in [2.05, 4.69) is 17.1 Å². The third-order valence-electron chi connectivity index (χ3n) is 4.75. The molecule has 0 bridgehead atoms. The van der Waals surface area contributed by atoms with Gasteiger partial charge in [-0.25, -0.2) is 9.78 Å². The third-order valence-corrected chi connectivity index (χ3v) is 5.05. The molecule has 161 valence electrons. The van der Waals surface area contributed by atoms with Crippen molar-refractivity contribution in [3.63, 3.8) is 0 Å². The van der Waals surface area contributed by atoms with Gasteiger partial charge in [-0.1, -0.05) is 50.4 Å². The Kier molecular flexibility index (Phi) is 10.9. The number of carboxylic acid groups (broad SMARTS) is 1. The fraction of sp³-hybridized carbons (Fsp3) is 0.417. The number of methoxy groups -OCH3 is 1. The first kappa shape index (κ1) is 23.8. The van der Waals surface area contributed by atoms with E-state index in [1.807, 2.05) is 24.3 Å². The van der Waals surface area contributed by atoms with Crippen LogP contribution in [-0.4, -0.2) is 29.8 Å². The maximum Gasteiger partial charge on any atom is 0.328 e. The molecule has 0 aliphatic carbocycles. The topological polar surface area (TPSA) is 68.7 Å². The minimum absolute atomic E-state index is 0.382. The standard InChI is InChI=1S/C24H30NO4S/c1-28-21-12-9-19(10-13-21)8-6-4-2-3-5-7-17-29-23-15-11-20(18-30)25-22(23)14-16-24(26)27/h9-16H,2-8,17-18H2,1H3,(H,26,27). The molecular weight excluding hydrogens is 398 g/mol. The first-order valence-corrected chi connectivity index (χ1v) is 10.9. The number of hydrogen-bond donors (Lipinski definition) is 1. The molecule has 0 amide bonds. The molecule has 0 fully saturated rings. The van der Waals surface area contributed by atoms with Crippen molar-refractivity contribution in [1.82, 2.24) is 4.98 Å². The fourth-order valence-electron chi connectivity index (χ4n) is 3.09. The summed E-state index contributed by atoms with van der Waals surface area (Å²) in [5, 5.41) is 8.83. The minimum atomic E-state index is -1.02. The number of aromatic nitrogens is 1. The number of benzene rings is 1. The van der Waals surface area contributed by atoms with Gasteiger partial charge in [0.15, 0.2) is 0 Å². The van der Waals surface area contributed by atoms with Crippen LogP contribution >= 0.6 is 12.6 Å². The number of aliphatic carboxylic acids is 1. The van der Waals surface area contributed by atoms with E-state index < -0.39 is 5.97 Å². The number of ether oxygens (including phenoxy) is 2. The summed E-state index contributed by atoms with van der Waals surface area (Å²) in [7, 11) is 1.69. The van der Waals surface area contributed by atoms with Gasteiger partial charge < -0.3 is 14.6 Å². The number of carboxylic acids is 1. The average molecular weight is 429 g/mol. The fourth-order valence-corrected chi connectivity index (χ4v) is 3.25. The summed E-state index contributed by atoms with van der Waals surface area (Å²) in [6.07, 6.45) is 10.5.